The van der Waals surface area contributed by atoms with Crippen molar-refractivity contribution < 1.29 is 9.47 Å². The van der Waals surface area contributed by atoms with Gasteiger partial charge in [-0.25, -0.2) is 0 Å². The first-order valence-corrected chi connectivity index (χ1v) is 7.30. The molecular formula is C16H24O2. The molecule has 100 valence electrons. The molecule has 1 saturated heterocycles. The van der Waals surface area contributed by atoms with Gasteiger partial charge in [-0.3, -0.25) is 0 Å². The standard InChI is InChI=1S/C16H24O2/c1-9-8-11(17-5)16-12(9)13-10(14(13,2)3)6-7-15(16,4)18-16/h8,10-13H,6-7H2,1-5H3. The van der Waals surface area contributed by atoms with E-state index in [2.05, 4.69) is 33.8 Å². The summed E-state index contributed by atoms with van der Waals surface area (Å²) >= 11 is 0. The van der Waals surface area contributed by atoms with Gasteiger partial charge in [-0.2, -0.15) is 0 Å². The summed E-state index contributed by atoms with van der Waals surface area (Å²) in [6.45, 7) is 9.46. The zero-order chi connectivity index (χ0) is 12.9. The van der Waals surface area contributed by atoms with Crippen molar-refractivity contribution >= 4 is 0 Å². The van der Waals surface area contributed by atoms with Crippen molar-refractivity contribution in [1.82, 2.24) is 0 Å². The number of methoxy groups -OCH3 is 1. The van der Waals surface area contributed by atoms with E-state index >= 15 is 0 Å². The van der Waals surface area contributed by atoms with Crippen molar-refractivity contribution in [2.45, 2.75) is 57.8 Å². The highest BCUT2D eigenvalue weighted by atomic mass is 16.7. The summed E-state index contributed by atoms with van der Waals surface area (Å²) in [5, 5.41) is 0. The molecule has 4 rings (SSSR count). The van der Waals surface area contributed by atoms with E-state index in [0.29, 0.717) is 11.3 Å². The Balaban J connectivity index is 1.81. The van der Waals surface area contributed by atoms with Crippen LogP contribution in [0.5, 0.6) is 0 Å². The van der Waals surface area contributed by atoms with Crippen molar-refractivity contribution in [1.29, 1.82) is 0 Å². The quantitative estimate of drug-likeness (QED) is 0.525. The molecule has 0 radical (unpaired) electrons. The second-order valence-electron chi connectivity index (χ2n) is 7.66. The van der Waals surface area contributed by atoms with Crippen LogP contribution in [0.4, 0.5) is 0 Å². The van der Waals surface area contributed by atoms with E-state index < -0.39 is 0 Å². The molecular weight excluding hydrogens is 224 g/mol. The molecule has 0 amide bonds. The van der Waals surface area contributed by atoms with Crippen molar-refractivity contribution in [3.63, 3.8) is 0 Å². The minimum Gasteiger partial charge on any atom is -0.374 e. The van der Waals surface area contributed by atoms with Gasteiger partial charge >= 0.3 is 0 Å². The maximum Gasteiger partial charge on any atom is 0.134 e. The Labute approximate surface area is 110 Å². The van der Waals surface area contributed by atoms with Crippen LogP contribution >= 0.6 is 0 Å². The summed E-state index contributed by atoms with van der Waals surface area (Å²) in [5.74, 6) is 2.29. The monoisotopic (exact) mass is 248 g/mol. The van der Waals surface area contributed by atoms with Crippen LogP contribution < -0.4 is 0 Å². The van der Waals surface area contributed by atoms with E-state index in [-0.39, 0.29) is 17.3 Å². The molecule has 6 atom stereocenters. The van der Waals surface area contributed by atoms with E-state index in [9.17, 15) is 0 Å². The van der Waals surface area contributed by atoms with Crippen molar-refractivity contribution in [3.8, 4) is 0 Å². The highest BCUT2D eigenvalue weighted by Gasteiger charge is 2.82. The largest absolute Gasteiger partial charge is 0.374 e. The van der Waals surface area contributed by atoms with Gasteiger partial charge in [0.2, 0.25) is 0 Å². The molecule has 0 aromatic rings. The summed E-state index contributed by atoms with van der Waals surface area (Å²) in [7, 11) is 1.83. The smallest absolute Gasteiger partial charge is 0.134 e. The Bertz CT molecular complexity index is 452. The molecule has 0 bridgehead atoms. The lowest BCUT2D eigenvalue weighted by molar-refractivity contribution is 0.0474. The summed E-state index contributed by atoms with van der Waals surface area (Å²) in [6.07, 6.45) is 5.03. The molecule has 18 heavy (non-hydrogen) atoms. The Kier molecular flexibility index (Phi) is 1.84. The van der Waals surface area contributed by atoms with Crippen LogP contribution in [0.15, 0.2) is 11.6 Å². The average molecular weight is 248 g/mol. The fraction of sp³-hybridized carbons (Fsp3) is 0.875. The third kappa shape index (κ3) is 0.978. The summed E-state index contributed by atoms with van der Waals surface area (Å²) in [5.41, 5.74) is 2.05. The number of rotatable bonds is 1. The first-order chi connectivity index (χ1) is 8.38. The fourth-order valence-electron chi connectivity index (χ4n) is 5.55. The molecule has 3 aliphatic carbocycles. The van der Waals surface area contributed by atoms with Crippen molar-refractivity contribution in [3.05, 3.63) is 11.6 Å². The molecule has 0 N–H and O–H groups in total. The molecule has 6 unspecified atom stereocenters. The van der Waals surface area contributed by atoms with Crippen molar-refractivity contribution in [2.75, 3.05) is 7.11 Å². The Hall–Kier alpha value is -0.340. The lowest BCUT2D eigenvalue weighted by Crippen LogP contribution is -2.40. The van der Waals surface area contributed by atoms with Crippen molar-refractivity contribution in [2.24, 2.45) is 23.2 Å². The Morgan fingerprint density at radius 1 is 1.33 bits per heavy atom. The lowest BCUT2D eigenvalue weighted by atomic mass is 9.76. The molecule has 1 heterocycles. The Morgan fingerprint density at radius 3 is 2.72 bits per heavy atom. The molecule has 4 aliphatic rings. The number of ether oxygens (including phenoxy) is 2. The first kappa shape index (κ1) is 11.5. The summed E-state index contributed by atoms with van der Waals surface area (Å²) < 4.78 is 12.1. The molecule has 2 saturated carbocycles. The second kappa shape index (κ2) is 2.88. The molecule has 2 nitrogen and oxygen atoms in total. The van der Waals surface area contributed by atoms with Crippen LogP contribution in [0.2, 0.25) is 0 Å². The number of hydrogen-bond donors (Lipinski definition) is 0. The minimum atomic E-state index is -0.0288. The second-order valence-corrected chi connectivity index (χ2v) is 7.66. The molecule has 3 fully saturated rings. The van der Waals surface area contributed by atoms with Gasteiger partial charge in [0.25, 0.3) is 0 Å². The third-order valence-corrected chi connectivity index (χ3v) is 6.65. The SMILES string of the molecule is COC1C=C(C)C2C3C(CCC4(C)OC124)C3(C)C. The number of epoxide rings is 1. The van der Waals surface area contributed by atoms with Gasteiger partial charge in [0.05, 0.1) is 5.60 Å². The van der Waals surface area contributed by atoms with E-state index in [1.54, 1.807) is 0 Å². The van der Waals surface area contributed by atoms with Gasteiger partial charge in [-0.15, -0.1) is 0 Å². The van der Waals surface area contributed by atoms with Crippen LogP contribution in [0.1, 0.15) is 40.5 Å². The van der Waals surface area contributed by atoms with E-state index in [4.69, 9.17) is 9.47 Å². The van der Waals surface area contributed by atoms with E-state index in [1.807, 2.05) is 7.11 Å². The highest BCUT2D eigenvalue weighted by molar-refractivity contribution is 5.41. The fourth-order valence-corrected chi connectivity index (χ4v) is 5.55. The zero-order valence-electron chi connectivity index (χ0n) is 12.1. The highest BCUT2D eigenvalue weighted by Crippen LogP contribution is 2.77. The summed E-state index contributed by atoms with van der Waals surface area (Å²) in [4.78, 5) is 0. The number of fused-ring (bicyclic) bond motifs is 2. The number of hydrogen-bond acceptors (Lipinski definition) is 2. The third-order valence-electron chi connectivity index (χ3n) is 6.65. The average Bonchev–Trinajstić information content (AvgIpc) is 3.02. The van der Waals surface area contributed by atoms with Crippen LogP contribution in [-0.2, 0) is 9.47 Å². The predicted octanol–water partition coefficient (Wildman–Crippen LogP) is 3.17. The molecule has 0 aromatic heterocycles. The molecule has 1 spiro atoms. The summed E-state index contributed by atoms with van der Waals surface area (Å²) in [6, 6.07) is 0. The molecule has 0 aromatic carbocycles. The normalized spacial score (nSPS) is 59.1. The van der Waals surface area contributed by atoms with Gasteiger partial charge in [-0.05, 0) is 43.9 Å². The maximum atomic E-state index is 6.34. The van der Waals surface area contributed by atoms with Gasteiger partial charge in [0.15, 0.2) is 0 Å². The topological polar surface area (TPSA) is 21.8 Å². The van der Waals surface area contributed by atoms with Crippen LogP contribution in [0.25, 0.3) is 0 Å². The minimum absolute atomic E-state index is 0.0288. The van der Waals surface area contributed by atoms with Gasteiger partial charge in [0, 0.05) is 13.0 Å². The van der Waals surface area contributed by atoms with E-state index in [0.717, 1.165) is 11.8 Å². The molecule has 1 aliphatic heterocycles. The molecule has 2 heteroatoms. The van der Waals surface area contributed by atoms with Gasteiger partial charge < -0.3 is 9.47 Å². The predicted molar refractivity (Wildman–Crippen MR) is 70.3 cm³/mol. The van der Waals surface area contributed by atoms with Crippen LogP contribution in [0.3, 0.4) is 0 Å². The van der Waals surface area contributed by atoms with Gasteiger partial charge in [0.1, 0.15) is 11.7 Å². The maximum absolute atomic E-state index is 6.34. The van der Waals surface area contributed by atoms with Gasteiger partial charge in [-0.1, -0.05) is 25.5 Å². The lowest BCUT2D eigenvalue weighted by Gasteiger charge is -2.26. The van der Waals surface area contributed by atoms with Crippen LogP contribution in [-0.4, -0.2) is 24.4 Å². The Morgan fingerprint density at radius 2 is 2.06 bits per heavy atom. The first-order valence-electron chi connectivity index (χ1n) is 7.30. The van der Waals surface area contributed by atoms with Crippen LogP contribution in [0, 0.1) is 23.2 Å². The zero-order valence-corrected chi connectivity index (χ0v) is 12.1. The van der Waals surface area contributed by atoms with E-state index in [1.165, 1.54) is 18.4 Å².